The number of likely N-dealkylation sites (N-methyl/N-ethyl adjacent to an activating group) is 1. The first-order valence-electron chi connectivity index (χ1n) is 13.4. The van der Waals surface area contributed by atoms with E-state index in [0.717, 1.165) is 53.9 Å². The van der Waals surface area contributed by atoms with Crippen LogP contribution < -0.4 is 10.1 Å². The normalized spacial score (nSPS) is 13.4. The number of aromatic nitrogens is 5. The van der Waals surface area contributed by atoms with Gasteiger partial charge in [-0.2, -0.15) is 5.10 Å². The lowest BCUT2D eigenvalue weighted by atomic mass is 10.1. The number of halogens is 2. The van der Waals surface area contributed by atoms with Crippen LogP contribution in [0.4, 0.5) is 20.3 Å². The third-order valence-electron chi connectivity index (χ3n) is 7.13. The summed E-state index contributed by atoms with van der Waals surface area (Å²) in [6, 6.07) is 13.8. The van der Waals surface area contributed by atoms with E-state index in [2.05, 4.69) is 22.1 Å². The number of nitrogens with zero attached hydrogens (tertiary/aromatic N) is 6. The lowest BCUT2D eigenvalue weighted by molar-refractivity contribution is 0.266. The Morgan fingerprint density at radius 3 is 2.52 bits per heavy atom. The van der Waals surface area contributed by atoms with E-state index in [-0.39, 0.29) is 17.9 Å². The van der Waals surface area contributed by atoms with Crippen LogP contribution >= 0.6 is 0 Å². The number of hydrogen-bond donors (Lipinski definition) is 1. The van der Waals surface area contributed by atoms with Gasteiger partial charge in [-0.15, -0.1) is 0 Å². The lowest BCUT2D eigenvalue weighted by Gasteiger charge is -2.28. The van der Waals surface area contributed by atoms with Crippen molar-refractivity contribution in [1.82, 2.24) is 29.6 Å². The summed E-state index contributed by atoms with van der Waals surface area (Å²) in [5.41, 5.74) is 4.08. The van der Waals surface area contributed by atoms with Crippen molar-refractivity contribution in [3.8, 4) is 17.3 Å². The fourth-order valence-electron chi connectivity index (χ4n) is 5.06. The smallest absolute Gasteiger partial charge is 0.183 e. The van der Waals surface area contributed by atoms with Gasteiger partial charge in [0, 0.05) is 66.2 Å². The first kappa shape index (κ1) is 25.8. The zero-order valence-electron chi connectivity index (χ0n) is 22.4. The molecule has 2 aromatic carbocycles. The zero-order valence-corrected chi connectivity index (χ0v) is 22.4. The van der Waals surface area contributed by atoms with E-state index in [0.29, 0.717) is 23.9 Å². The van der Waals surface area contributed by atoms with Crippen molar-refractivity contribution in [2.45, 2.75) is 33.4 Å². The number of fused-ring (bicyclic) bond motifs is 2. The van der Waals surface area contributed by atoms with Crippen LogP contribution in [0.5, 0.6) is 5.75 Å². The second-order valence-corrected chi connectivity index (χ2v) is 9.62. The first-order chi connectivity index (χ1) is 19.5. The Balaban J connectivity index is 1.45. The first-order valence-corrected chi connectivity index (χ1v) is 13.4. The minimum Gasteiger partial charge on any atom is -0.494 e. The Kier molecular flexibility index (Phi) is 7.08. The Labute approximate surface area is 230 Å². The topological polar surface area (TPSA) is 81.0 Å². The molecule has 0 amide bonds. The van der Waals surface area contributed by atoms with Crippen LogP contribution in [-0.4, -0.2) is 49.3 Å². The molecular formula is C30H29F2N7O. The highest BCUT2D eigenvalue weighted by atomic mass is 19.1. The number of ether oxygens (including phenoxy) is 1. The van der Waals surface area contributed by atoms with Gasteiger partial charge in [0.25, 0.3) is 0 Å². The summed E-state index contributed by atoms with van der Waals surface area (Å²) in [6.45, 7) is 6.71. The van der Waals surface area contributed by atoms with Crippen molar-refractivity contribution < 1.29 is 13.5 Å². The molecule has 0 saturated heterocycles. The molecule has 0 spiro atoms. The Morgan fingerprint density at radius 2 is 1.77 bits per heavy atom. The molecule has 1 aliphatic rings. The lowest BCUT2D eigenvalue weighted by Crippen LogP contribution is -2.31. The van der Waals surface area contributed by atoms with Crippen LogP contribution in [0.15, 0.2) is 60.9 Å². The molecule has 1 N–H and O–H groups in total. The van der Waals surface area contributed by atoms with E-state index in [1.165, 1.54) is 12.1 Å². The Bertz CT molecular complexity index is 1650. The number of benzene rings is 2. The summed E-state index contributed by atoms with van der Waals surface area (Å²) < 4.78 is 36.8. The number of pyridine rings is 1. The minimum absolute atomic E-state index is 0.0886. The monoisotopic (exact) mass is 541 g/mol. The van der Waals surface area contributed by atoms with Gasteiger partial charge in [0.1, 0.15) is 28.9 Å². The molecule has 0 fully saturated rings. The molecule has 0 atom stereocenters. The van der Waals surface area contributed by atoms with Crippen molar-refractivity contribution in [3.05, 3.63) is 89.4 Å². The third-order valence-corrected chi connectivity index (χ3v) is 7.13. The standard InChI is InChI=1S/C30H29F2N7O/c1-3-38-14-11-26-23(17-38)29(34-19-9-12-33-13-10-19)36-30(35-26)28-21-7-5-6-8-27(21)39(37-28)18-22-24(31)15-20(40-4-2)16-25(22)32/h5-10,12-13,15-16H,3-4,11,14,17-18H2,1-2H3,(H,33,34,35,36). The van der Waals surface area contributed by atoms with Crippen LogP contribution in [0.3, 0.4) is 0 Å². The van der Waals surface area contributed by atoms with Crippen molar-refractivity contribution in [2.24, 2.45) is 0 Å². The van der Waals surface area contributed by atoms with Gasteiger partial charge in [0.2, 0.25) is 0 Å². The molecule has 10 heteroatoms. The van der Waals surface area contributed by atoms with E-state index in [1.54, 1.807) is 24.0 Å². The van der Waals surface area contributed by atoms with Crippen molar-refractivity contribution in [2.75, 3.05) is 25.0 Å². The molecule has 8 nitrogen and oxygen atoms in total. The summed E-state index contributed by atoms with van der Waals surface area (Å²) >= 11 is 0. The number of rotatable bonds is 8. The summed E-state index contributed by atoms with van der Waals surface area (Å²) in [6.07, 6.45) is 4.23. The maximum atomic E-state index is 15.0. The molecule has 0 aliphatic carbocycles. The number of anilines is 2. The third kappa shape index (κ3) is 4.98. The van der Waals surface area contributed by atoms with Gasteiger partial charge in [-0.1, -0.05) is 25.1 Å². The SMILES string of the molecule is CCOc1cc(F)c(Cn2nc(-c3nc4c(c(Nc5ccncc5)n3)CN(CC)CC4)c3ccccc32)c(F)c1. The van der Waals surface area contributed by atoms with Crippen LogP contribution in [0.25, 0.3) is 22.4 Å². The number of para-hydroxylation sites is 1. The Morgan fingerprint density at radius 1 is 1.00 bits per heavy atom. The highest BCUT2D eigenvalue weighted by molar-refractivity contribution is 5.92. The maximum Gasteiger partial charge on any atom is 0.183 e. The highest BCUT2D eigenvalue weighted by Crippen LogP contribution is 2.32. The van der Waals surface area contributed by atoms with Crippen LogP contribution in [-0.2, 0) is 19.5 Å². The van der Waals surface area contributed by atoms with Gasteiger partial charge >= 0.3 is 0 Å². The van der Waals surface area contributed by atoms with Gasteiger partial charge in [-0.05, 0) is 31.7 Å². The molecule has 3 aromatic heterocycles. The van der Waals surface area contributed by atoms with E-state index in [9.17, 15) is 8.78 Å². The molecule has 0 saturated carbocycles. The van der Waals surface area contributed by atoms with E-state index in [4.69, 9.17) is 19.8 Å². The van der Waals surface area contributed by atoms with Crippen molar-refractivity contribution in [1.29, 1.82) is 0 Å². The second kappa shape index (κ2) is 11.0. The average Bonchev–Trinajstić information content (AvgIpc) is 3.34. The average molecular weight is 542 g/mol. The molecule has 0 radical (unpaired) electrons. The predicted molar refractivity (Wildman–Crippen MR) is 150 cm³/mol. The second-order valence-electron chi connectivity index (χ2n) is 9.62. The number of nitrogens with one attached hydrogen (secondary N) is 1. The van der Waals surface area contributed by atoms with Crippen LogP contribution in [0.1, 0.15) is 30.7 Å². The van der Waals surface area contributed by atoms with Crippen LogP contribution in [0.2, 0.25) is 0 Å². The zero-order chi connectivity index (χ0) is 27.6. The molecule has 6 rings (SSSR count). The van der Waals surface area contributed by atoms with E-state index in [1.807, 2.05) is 36.4 Å². The van der Waals surface area contributed by atoms with Crippen molar-refractivity contribution in [3.63, 3.8) is 0 Å². The van der Waals surface area contributed by atoms with Gasteiger partial charge < -0.3 is 10.1 Å². The highest BCUT2D eigenvalue weighted by Gasteiger charge is 2.25. The summed E-state index contributed by atoms with van der Waals surface area (Å²) in [5, 5.41) is 9.05. The fourth-order valence-corrected chi connectivity index (χ4v) is 5.06. The van der Waals surface area contributed by atoms with Gasteiger partial charge in [-0.25, -0.2) is 18.7 Å². The Hall–Kier alpha value is -4.44. The molecule has 204 valence electrons. The largest absolute Gasteiger partial charge is 0.494 e. The number of hydrogen-bond acceptors (Lipinski definition) is 7. The predicted octanol–water partition coefficient (Wildman–Crippen LogP) is 5.74. The summed E-state index contributed by atoms with van der Waals surface area (Å²) in [7, 11) is 0. The van der Waals surface area contributed by atoms with E-state index >= 15 is 0 Å². The van der Waals surface area contributed by atoms with Gasteiger partial charge in [0.05, 0.1) is 24.4 Å². The summed E-state index contributed by atoms with van der Waals surface area (Å²) in [5.74, 6) is -0.0298. The fraction of sp³-hybridized carbons (Fsp3) is 0.267. The van der Waals surface area contributed by atoms with Gasteiger partial charge in [-0.3, -0.25) is 14.6 Å². The molecule has 1 aliphatic heterocycles. The van der Waals surface area contributed by atoms with Crippen molar-refractivity contribution >= 4 is 22.4 Å². The molecule has 0 bridgehead atoms. The summed E-state index contributed by atoms with van der Waals surface area (Å²) in [4.78, 5) is 16.4. The quantitative estimate of drug-likeness (QED) is 0.269. The molecule has 4 heterocycles. The van der Waals surface area contributed by atoms with E-state index < -0.39 is 11.6 Å². The van der Waals surface area contributed by atoms with Crippen LogP contribution in [0, 0.1) is 11.6 Å². The molecule has 0 unspecified atom stereocenters. The van der Waals surface area contributed by atoms with Gasteiger partial charge in [0.15, 0.2) is 5.82 Å². The maximum absolute atomic E-state index is 15.0. The molecular weight excluding hydrogens is 512 g/mol. The molecule has 40 heavy (non-hydrogen) atoms. The molecule has 5 aromatic rings. The minimum atomic E-state index is -0.682.